The van der Waals surface area contributed by atoms with Crippen LogP contribution in [0.5, 0.6) is 0 Å². The Morgan fingerprint density at radius 3 is 2.57 bits per heavy atom. The van der Waals surface area contributed by atoms with E-state index >= 15 is 0 Å². The van der Waals surface area contributed by atoms with E-state index in [-0.39, 0.29) is 24.0 Å². The molecule has 0 amide bonds. The number of hydrogen-bond donors (Lipinski definition) is 2. The second-order valence-electron chi connectivity index (χ2n) is 5.11. The van der Waals surface area contributed by atoms with Crippen LogP contribution in [0.2, 0.25) is 0 Å². The molecular weight excluding hydrogens is 401 g/mol. The lowest BCUT2D eigenvalue weighted by Gasteiger charge is -2.05. The fourth-order valence-corrected chi connectivity index (χ4v) is 2.31. The van der Waals surface area contributed by atoms with Gasteiger partial charge in [-0.1, -0.05) is 48.5 Å². The van der Waals surface area contributed by atoms with E-state index in [2.05, 4.69) is 22.4 Å². The standard InChI is InChI=1S/C18H19N3O.HI/c19-18(20-11-10-14-6-2-1-3-7-14)21-13-16-12-15-8-4-5-9-17(15)22-16;/h1-9,12H,10-11,13H2,(H3,19,20,21);1H. The van der Waals surface area contributed by atoms with Crippen molar-refractivity contribution in [1.82, 2.24) is 5.32 Å². The number of furan rings is 1. The van der Waals surface area contributed by atoms with Crippen molar-refractivity contribution in [2.45, 2.75) is 13.0 Å². The number of halogens is 1. The second-order valence-corrected chi connectivity index (χ2v) is 5.11. The first-order valence-corrected chi connectivity index (χ1v) is 7.36. The number of guanidine groups is 1. The van der Waals surface area contributed by atoms with Crippen molar-refractivity contribution < 1.29 is 4.42 Å². The maximum Gasteiger partial charge on any atom is 0.189 e. The van der Waals surface area contributed by atoms with Gasteiger partial charge in [0.1, 0.15) is 17.9 Å². The molecule has 5 heteroatoms. The van der Waals surface area contributed by atoms with Crippen molar-refractivity contribution in [2.75, 3.05) is 6.54 Å². The van der Waals surface area contributed by atoms with Gasteiger partial charge < -0.3 is 15.5 Å². The van der Waals surface area contributed by atoms with Crippen LogP contribution in [0.4, 0.5) is 0 Å². The van der Waals surface area contributed by atoms with Gasteiger partial charge in [-0.3, -0.25) is 0 Å². The third-order valence-electron chi connectivity index (χ3n) is 3.44. The number of benzene rings is 2. The maximum absolute atomic E-state index is 5.88. The van der Waals surface area contributed by atoms with Crippen LogP contribution in [0.25, 0.3) is 11.0 Å². The highest BCUT2D eigenvalue weighted by Gasteiger charge is 2.02. The van der Waals surface area contributed by atoms with E-state index in [9.17, 15) is 0 Å². The number of fused-ring (bicyclic) bond motifs is 1. The molecule has 4 nitrogen and oxygen atoms in total. The average molecular weight is 421 g/mol. The highest BCUT2D eigenvalue weighted by molar-refractivity contribution is 14.0. The van der Waals surface area contributed by atoms with Crippen LogP contribution in [0.15, 0.2) is 70.1 Å². The molecule has 0 aliphatic carbocycles. The summed E-state index contributed by atoms with van der Waals surface area (Å²) in [6, 6.07) is 20.2. The minimum atomic E-state index is 0. The number of nitrogens with two attached hydrogens (primary N) is 1. The predicted molar refractivity (Wildman–Crippen MR) is 105 cm³/mol. The van der Waals surface area contributed by atoms with E-state index < -0.39 is 0 Å². The summed E-state index contributed by atoms with van der Waals surface area (Å²) in [6.07, 6.45) is 0.918. The highest BCUT2D eigenvalue weighted by atomic mass is 127. The molecule has 0 saturated heterocycles. The summed E-state index contributed by atoms with van der Waals surface area (Å²) < 4.78 is 5.70. The Labute approximate surface area is 152 Å². The first kappa shape index (κ1) is 17.3. The largest absolute Gasteiger partial charge is 0.459 e. The lowest BCUT2D eigenvalue weighted by atomic mass is 10.1. The molecule has 3 N–H and O–H groups in total. The Hall–Kier alpha value is -2.02. The molecular formula is C18H20IN3O. The fraction of sp³-hybridized carbons (Fsp3) is 0.167. The SMILES string of the molecule is I.NC(=NCc1cc2ccccc2o1)NCCc1ccccc1. The van der Waals surface area contributed by atoms with E-state index in [0.717, 1.165) is 29.7 Å². The van der Waals surface area contributed by atoms with Crippen LogP contribution in [-0.2, 0) is 13.0 Å². The number of rotatable bonds is 5. The van der Waals surface area contributed by atoms with E-state index in [4.69, 9.17) is 10.2 Å². The minimum Gasteiger partial charge on any atom is -0.459 e. The average Bonchev–Trinajstić information content (AvgIpc) is 2.97. The Morgan fingerprint density at radius 1 is 1.04 bits per heavy atom. The Balaban J connectivity index is 0.00000192. The van der Waals surface area contributed by atoms with Crippen LogP contribution in [0.1, 0.15) is 11.3 Å². The van der Waals surface area contributed by atoms with E-state index in [1.807, 2.05) is 48.5 Å². The van der Waals surface area contributed by atoms with Gasteiger partial charge in [0.15, 0.2) is 5.96 Å². The molecule has 0 fully saturated rings. The second kappa shape index (κ2) is 8.57. The van der Waals surface area contributed by atoms with Crippen molar-refractivity contribution in [3.8, 4) is 0 Å². The lowest BCUT2D eigenvalue weighted by Crippen LogP contribution is -2.33. The summed E-state index contributed by atoms with van der Waals surface area (Å²) >= 11 is 0. The van der Waals surface area contributed by atoms with Crippen molar-refractivity contribution in [3.05, 3.63) is 72.0 Å². The summed E-state index contributed by atoms with van der Waals surface area (Å²) in [5.41, 5.74) is 8.03. The monoisotopic (exact) mass is 421 g/mol. The first-order valence-electron chi connectivity index (χ1n) is 7.36. The van der Waals surface area contributed by atoms with Gasteiger partial charge in [-0.25, -0.2) is 4.99 Å². The molecule has 0 saturated carbocycles. The third kappa shape index (κ3) is 4.99. The minimum absolute atomic E-state index is 0. The van der Waals surface area contributed by atoms with Gasteiger partial charge in [0.2, 0.25) is 0 Å². The van der Waals surface area contributed by atoms with E-state index in [0.29, 0.717) is 12.5 Å². The maximum atomic E-state index is 5.88. The van der Waals surface area contributed by atoms with Crippen LogP contribution in [-0.4, -0.2) is 12.5 Å². The fourth-order valence-electron chi connectivity index (χ4n) is 2.31. The van der Waals surface area contributed by atoms with Crippen LogP contribution < -0.4 is 11.1 Å². The van der Waals surface area contributed by atoms with Crippen LogP contribution in [0.3, 0.4) is 0 Å². The van der Waals surface area contributed by atoms with Gasteiger partial charge in [0.25, 0.3) is 0 Å². The zero-order chi connectivity index (χ0) is 15.2. The molecule has 0 spiro atoms. The van der Waals surface area contributed by atoms with Gasteiger partial charge in [0, 0.05) is 11.9 Å². The smallest absolute Gasteiger partial charge is 0.189 e. The summed E-state index contributed by atoms with van der Waals surface area (Å²) in [6.45, 7) is 1.21. The number of para-hydroxylation sites is 1. The first-order chi connectivity index (χ1) is 10.8. The van der Waals surface area contributed by atoms with Crippen molar-refractivity contribution in [1.29, 1.82) is 0 Å². The van der Waals surface area contributed by atoms with Crippen molar-refractivity contribution >= 4 is 40.9 Å². The van der Waals surface area contributed by atoms with Crippen molar-refractivity contribution in [2.24, 2.45) is 10.7 Å². The number of nitrogens with zero attached hydrogens (tertiary/aromatic N) is 1. The molecule has 0 aliphatic rings. The molecule has 1 heterocycles. The molecule has 1 aromatic heterocycles. The molecule has 2 aromatic carbocycles. The molecule has 0 radical (unpaired) electrons. The quantitative estimate of drug-likeness (QED) is 0.375. The Morgan fingerprint density at radius 2 is 1.78 bits per heavy atom. The normalized spacial score (nSPS) is 11.2. The zero-order valence-corrected chi connectivity index (χ0v) is 15.1. The topological polar surface area (TPSA) is 63.5 Å². The molecule has 0 unspecified atom stereocenters. The third-order valence-corrected chi connectivity index (χ3v) is 3.44. The summed E-state index contributed by atoms with van der Waals surface area (Å²) in [4.78, 5) is 4.31. The molecule has 3 aromatic rings. The summed E-state index contributed by atoms with van der Waals surface area (Å²) in [7, 11) is 0. The van der Waals surface area contributed by atoms with Gasteiger partial charge in [-0.2, -0.15) is 0 Å². The van der Waals surface area contributed by atoms with Gasteiger partial charge in [-0.05, 0) is 24.1 Å². The van der Waals surface area contributed by atoms with Gasteiger partial charge in [0.05, 0.1) is 0 Å². The predicted octanol–water partition coefficient (Wildman–Crippen LogP) is 3.70. The number of hydrogen-bond acceptors (Lipinski definition) is 2. The van der Waals surface area contributed by atoms with Crippen molar-refractivity contribution in [3.63, 3.8) is 0 Å². The molecule has 23 heavy (non-hydrogen) atoms. The lowest BCUT2D eigenvalue weighted by molar-refractivity contribution is 0.552. The van der Waals surface area contributed by atoms with Crippen LogP contribution >= 0.6 is 24.0 Å². The van der Waals surface area contributed by atoms with Gasteiger partial charge in [-0.15, -0.1) is 24.0 Å². The zero-order valence-electron chi connectivity index (χ0n) is 12.7. The highest BCUT2D eigenvalue weighted by Crippen LogP contribution is 2.19. The molecule has 0 atom stereocenters. The number of aliphatic imine (C=N–C) groups is 1. The van der Waals surface area contributed by atoms with E-state index in [1.165, 1.54) is 5.56 Å². The molecule has 3 rings (SSSR count). The molecule has 0 bridgehead atoms. The summed E-state index contributed by atoms with van der Waals surface area (Å²) in [5, 5.41) is 4.21. The Kier molecular flexibility index (Phi) is 6.46. The number of nitrogens with one attached hydrogen (secondary N) is 1. The summed E-state index contributed by atoms with van der Waals surface area (Å²) in [5.74, 6) is 1.25. The van der Waals surface area contributed by atoms with Gasteiger partial charge >= 0.3 is 0 Å². The molecule has 0 aliphatic heterocycles. The molecule has 120 valence electrons. The Bertz CT molecular complexity index is 735. The van der Waals surface area contributed by atoms with Crippen LogP contribution in [0, 0.1) is 0 Å². The van der Waals surface area contributed by atoms with E-state index in [1.54, 1.807) is 0 Å².